The van der Waals surface area contributed by atoms with Gasteiger partial charge in [-0.15, -0.1) is 0 Å². The van der Waals surface area contributed by atoms with E-state index in [1.807, 2.05) is 42.6 Å². The van der Waals surface area contributed by atoms with Crippen LogP contribution in [0.2, 0.25) is 0 Å². The highest BCUT2D eigenvalue weighted by Gasteiger charge is 2.27. The Kier molecular flexibility index (Phi) is 4.73. The molecule has 0 atom stereocenters. The predicted molar refractivity (Wildman–Crippen MR) is 106 cm³/mol. The minimum Gasteiger partial charge on any atom is -0.489 e. The van der Waals surface area contributed by atoms with Crippen LogP contribution in [0.3, 0.4) is 0 Å². The van der Waals surface area contributed by atoms with Gasteiger partial charge in [0.1, 0.15) is 12.4 Å². The molecule has 132 valence electrons. The quantitative estimate of drug-likeness (QED) is 0.629. The van der Waals surface area contributed by atoms with E-state index in [-0.39, 0.29) is 0 Å². The fourth-order valence-electron chi connectivity index (χ4n) is 3.29. The summed E-state index contributed by atoms with van der Waals surface area (Å²) in [5.74, 6) is 1.90. The minimum absolute atomic E-state index is 0.582. The monoisotopic (exact) mass is 345 g/mol. The molecule has 3 aromatic rings. The Labute approximate surface area is 154 Å². The lowest BCUT2D eigenvalue weighted by Gasteiger charge is -2.21. The molecule has 1 aliphatic rings. The van der Waals surface area contributed by atoms with Crippen LogP contribution in [0.1, 0.15) is 18.9 Å². The third kappa shape index (κ3) is 3.36. The van der Waals surface area contributed by atoms with Crippen LogP contribution in [0, 0.1) is 0 Å². The number of benzene rings is 2. The summed E-state index contributed by atoms with van der Waals surface area (Å²) >= 11 is 0. The van der Waals surface area contributed by atoms with Crippen molar-refractivity contribution in [3.8, 4) is 5.75 Å². The summed E-state index contributed by atoms with van der Waals surface area (Å²) in [6, 6.07) is 22.6. The van der Waals surface area contributed by atoms with E-state index >= 15 is 0 Å². The highest BCUT2D eigenvalue weighted by Crippen LogP contribution is 2.38. The fraction of sp³-hybridized carbons (Fsp3) is 0.227. The molecule has 2 aromatic carbocycles. The molecule has 4 nitrogen and oxygen atoms in total. The molecular weight excluding hydrogens is 322 g/mol. The summed E-state index contributed by atoms with van der Waals surface area (Å²) in [5.41, 5.74) is 3.51. The molecule has 4 rings (SSSR count). The van der Waals surface area contributed by atoms with Gasteiger partial charge in [-0.05, 0) is 48.4 Å². The topological polar surface area (TPSA) is 28.6 Å². The number of nitrogens with zero attached hydrogens (tertiary/aromatic N) is 3. The maximum absolute atomic E-state index is 5.89. The van der Waals surface area contributed by atoms with Crippen LogP contribution in [-0.2, 0) is 6.61 Å². The third-order valence-electron chi connectivity index (χ3n) is 4.56. The average Bonchev–Trinajstić information content (AvgIpc) is 3.07. The maximum atomic E-state index is 5.89. The van der Waals surface area contributed by atoms with Crippen molar-refractivity contribution in [2.75, 3.05) is 23.0 Å². The molecule has 2 heterocycles. The van der Waals surface area contributed by atoms with Crippen LogP contribution in [0.5, 0.6) is 5.75 Å². The maximum Gasteiger partial charge on any atom is 0.158 e. The number of fused-ring (bicyclic) bond motifs is 1. The van der Waals surface area contributed by atoms with Crippen molar-refractivity contribution in [2.45, 2.75) is 20.0 Å². The molecular formula is C22H23N3O. The van der Waals surface area contributed by atoms with E-state index in [1.54, 1.807) is 0 Å². The van der Waals surface area contributed by atoms with E-state index in [9.17, 15) is 0 Å². The van der Waals surface area contributed by atoms with Gasteiger partial charge >= 0.3 is 0 Å². The van der Waals surface area contributed by atoms with Crippen LogP contribution in [0.15, 0.2) is 72.9 Å². The summed E-state index contributed by atoms with van der Waals surface area (Å²) in [6.45, 7) is 4.66. The summed E-state index contributed by atoms with van der Waals surface area (Å²) in [6.07, 6.45) is 2.98. The molecule has 0 saturated heterocycles. The molecule has 0 radical (unpaired) electrons. The molecule has 1 aliphatic heterocycles. The Morgan fingerprint density at radius 3 is 2.54 bits per heavy atom. The number of anilines is 3. The molecule has 26 heavy (non-hydrogen) atoms. The van der Waals surface area contributed by atoms with Crippen LogP contribution in [-0.4, -0.2) is 18.2 Å². The molecule has 0 unspecified atom stereocenters. The van der Waals surface area contributed by atoms with Gasteiger partial charge in [-0.1, -0.05) is 37.3 Å². The SMILES string of the molecule is CCCN1CN(c2ccc(OCc3ccccc3)cc2)c2ncccc21. The third-order valence-corrected chi connectivity index (χ3v) is 4.56. The van der Waals surface area contributed by atoms with E-state index in [2.05, 4.69) is 52.0 Å². The Hall–Kier alpha value is -3.01. The van der Waals surface area contributed by atoms with Gasteiger partial charge in [-0.25, -0.2) is 4.98 Å². The molecule has 0 bridgehead atoms. The highest BCUT2D eigenvalue weighted by atomic mass is 16.5. The van der Waals surface area contributed by atoms with Gasteiger partial charge in [0.05, 0.1) is 12.4 Å². The Bertz CT molecular complexity index is 849. The van der Waals surface area contributed by atoms with Crippen LogP contribution in [0.25, 0.3) is 0 Å². The van der Waals surface area contributed by atoms with Crippen LogP contribution in [0.4, 0.5) is 17.2 Å². The summed E-state index contributed by atoms with van der Waals surface area (Å²) in [7, 11) is 0. The summed E-state index contributed by atoms with van der Waals surface area (Å²) in [5, 5.41) is 0. The smallest absolute Gasteiger partial charge is 0.158 e. The normalized spacial score (nSPS) is 13.0. The van der Waals surface area contributed by atoms with Gasteiger partial charge in [0.25, 0.3) is 0 Å². The lowest BCUT2D eigenvalue weighted by molar-refractivity contribution is 0.306. The zero-order valence-corrected chi connectivity index (χ0v) is 15.0. The van der Waals surface area contributed by atoms with Gasteiger partial charge in [0.15, 0.2) is 5.82 Å². The fourth-order valence-corrected chi connectivity index (χ4v) is 3.29. The highest BCUT2D eigenvalue weighted by molar-refractivity contribution is 5.79. The molecule has 1 aromatic heterocycles. The van der Waals surface area contributed by atoms with Crippen LogP contribution < -0.4 is 14.5 Å². The van der Waals surface area contributed by atoms with Crippen molar-refractivity contribution < 1.29 is 4.74 Å². The number of pyridine rings is 1. The van der Waals surface area contributed by atoms with Crippen molar-refractivity contribution in [1.29, 1.82) is 0 Å². The second kappa shape index (κ2) is 7.48. The lowest BCUT2D eigenvalue weighted by atomic mass is 10.2. The van der Waals surface area contributed by atoms with Gasteiger partial charge in [0.2, 0.25) is 0 Å². The molecule has 4 heteroatoms. The summed E-state index contributed by atoms with van der Waals surface area (Å²) < 4.78 is 5.89. The van der Waals surface area contributed by atoms with E-state index in [4.69, 9.17) is 4.74 Å². The van der Waals surface area contributed by atoms with Crippen LogP contribution >= 0.6 is 0 Å². The zero-order chi connectivity index (χ0) is 17.8. The van der Waals surface area contributed by atoms with E-state index in [0.717, 1.165) is 36.9 Å². The first-order valence-corrected chi connectivity index (χ1v) is 9.09. The van der Waals surface area contributed by atoms with Crippen molar-refractivity contribution in [2.24, 2.45) is 0 Å². The van der Waals surface area contributed by atoms with E-state index in [0.29, 0.717) is 6.61 Å². The zero-order valence-electron chi connectivity index (χ0n) is 15.0. The van der Waals surface area contributed by atoms with Gasteiger partial charge < -0.3 is 14.5 Å². The van der Waals surface area contributed by atoms with E-state index < -0.39 is 0 Å². The first kappa shape index (κ1) is 16.5. The van der Waals surface area contributed by atoms with Gasteiger partial charge in [-0.2, -0.15) is 0 Å². The number of ether oxygens (including phenoxy) is 1. The number of aromatic nitrogens is 1. The predicted octanol–water partition coefficient (Wildman–Crippen LogP) is 4.99. The standard InChI is InChI=1S/C22H23N3O/c1-2-15-24-17-25(22-21(24)9-6-14-23-22)19-10-12-20(13-11-19)26-16-18-7-4-3-5-8-18/h3-14H,2,15-17H2,1H3. The first-order chi connectivity index (χ1) is 12.8. The molecule has 0 amide bonds. The number of hydrogen-bond acceptors (Lipinski definition) is 4. The van der Waals surface area contributed by atoms with Gasteiger partial charge in [0, 0.05) is 18.4 Å². The van der Waals surface area contributed by atoms with E-state index in [1.165, 1.54) is 11.3 Å². The Morgan fingerprint density at radius 1 is 0.962 bits per heavy atom. The van der Waals surface area contributed by atoms with Gasteiger partial charge in [-0.3, -0.25) is 0 Å². The lowest BCUT2D eigenvalue weighted by Crippen LogP contribution is -2.28. The van der Waals surface area contributed by atoms with Crippen molar-refractivity contribution in [3.05, 3.63) is 78.5 Å². The Balaban J connectivity index is 1.49. The number of hydrogen-bond donors (Lipinski definition) is 0. The molecule has 0 fully saturated rings. The summed E-state index contributed by atoms with van der Waals surface area (Å²) in [4.78, 5) is 9.23. The second-order valence-electron chi connectivity index (χ2n) is 6.45. The molecule has 0 spiro atoms. The Morgan fingerprint density at radius 2 is 1.77 bits per heavy atom. The second-order valence-corrected chi connectivity index (χ2v) is 6.45. The number of rotatable bonds is 6. The van der Waals surface area contributed by atoms with Crippen molar-refractivity contribution in [3.63, 3.8) is 0 Å². The molecule has 0 aliphatic carbocycles. The minimum atomic E-state index is 0.582. The average molecular weight is 345 g/mol. The molecule has 0 saturated carbocycles. The van der Waals surface area contributed by atoms with Crippen molar-refractivity contribution in [1.82, 2.24) is 4.98 Å². The van der Waals surface area contributed by atoms with Crippen molar-refractivity contribution >= 4 is 17.2 Å². The largest absolute Gasteiger partial charge is 0.489 e. The first-order valence-electron chi connectivity index (χ1n) is 9.09. The molecule has 0 N–H and O–H groups in total.